The van der Waals surface area contributed by atoms with Gasteiger partial charge in [0.1, 0.15) is 0 Å². The van der Waals surface area contributed by atoms with Crippen LogP contribution in [0.3, 0.4) is 0 Å². The van der Waals surface area contributed by atoms with Crippen LogP contribution in [0.5, 0.6) is 0 Å². The average molecular weight is 389 g/mol. The van der Waals surface area contributed by atoms with E-state index >= 15 is 0 Å². The molecule has 1 saturated heterocycles. The maximum Gasteiger partial charge on any atom is 0.191 e. The van der Waals surface area contributed by atoms with E-state index in [4.69, 9.17) is 9.73 Å². The van der Waals surface area contributed by atoms with Crippen LogP contribution in [0.2, 0.25) is 0 Å². The molecule has 5 heteroatoms. The number of hydrogen-bond acceptors (Lipinski definition) is 3. The molecule has 158 valence electrons. The van der Waals surface area contributed by atoms with Crippen LogP contribution in [0.4, 0.5) is 0 Å². The van der Waals surface area contributed by atoms with Crippen LogP contribution in [0.15, 0.2) is 29.5 Å². The van der Waals surface area contributed by atoms with Crippen LogP contribution >= 0.6 is 0 Å². The van der Waals surface area contributed by atoms with Crippen molar-refractivity contribution >= 4 is 5.96 Å². The molecule has 5 nitrogen and oxygen atoms in total. The van der Waals surface area contributed by atoms with Gasteiger partial charge < -0.3 is 15.4 Å². The number of aliphatic imine (C=N–C) groups is 1. The molecule has 0 radical (unpaired) electrons. The second kappa shape index (κ2) is 10.8. The molecule has 0 bridgehead atoms. The predicted molar refractivity (Wildman–Crippen MR) is 118 cm³/mol. The topological polar surface area (TPSA) is 58.5 Å². The highest BCUT2D eigenvalue weighted by Gasteiger charge is 2.35. The largest absolute Gasteiger partial charge is 0.377 e. The average Bonchev–Trinajstić information content (AvgIpc) is 2.66. The summed E-state index contributed by atoms with van der Waals surface area (Å²) in [5.74, 6) is 2.28. The van der Waals surface area contributed by atoms with Crippen LogP contribution < -0.4 is 10.6 Å². The Morgan fingerprint density at radius 1 is 1.32 bits per heavy atom. The highest BCUT2D eigenvalue weighted by Crippen LogP contribution is 2.33. The molecule has 0 aromatic carbocycles. The second-order valence-electron chi connectivity index (χ2n) is 9.30. The summed E-state index contributed by atoms with van der Waals surface area (Å²) in [5.41, 5.74) is 1.41. The minimum absolute atomic E-state index is 0.158. The highest BCUT2D eigenvalue weighted by molar-refractivity contribution is 5.79. The quantitative estimate of drug-likeness (QED) is 0.542. The van der Waals surface area contributed by atoms with Crippen molar-refractivity contribution in [3.8, 4) is 0 Å². The zero-order valence-electron chi connectivity index (χ0n) is 18.7. The van der Waals surface area contributed by atoms with Gasteiger partial charge in [0.05, 0.1) is 6.10 Å². The van der Waals surface area contributed by atoms with Crippen LogP contribution in [-0.2, 0) is 4.74 Å². The molecule has 1 aromatic rings. The van der Waals surface area contributed by atoms with Crippen molar-refractivity contribution in [2.75, 3.05) is 26.2 Å². The van der Waals surface area contributed by atoms with E-state index < -0.39 is 0 Å². The lowest BCUT2D eigenvalue weighted by molar-refractivity contribution is -0.0835. The number of nitrogens with zero attached hydrogens (tertiary/aromatic N) is 2. The first-order chi connectivity index (χ1) is 13.3. The lowest BCUT2D eigenvalue weighted by Gasteiger charge is -2.40. The summed E-state index contributed by atoms with van der Waals surface area (Å²) in [6, 6.07) is 4.16. The molecule has 1 aliphatic heterocycles. The van der Waals surface area contributed by atoms with Gasteiger partial charge in [0.25, 0.3) is 0 Å². The Morgan fingerprint density at radius 3 is 2.71 bits per heavy atom. The minimum Gasteiger partial charge on any atom is -0.377 e. The van der Waals surface area contributed by atoms with E-state index in [2.05, 4.69) is 63.2 Å². The van der Waals surface area contributed by atoms with Crippen LogP contribution in [0, 0.1) is 17.3 Å². The second-order valence-corrected chi connectivity index (χ2v) is 9.30. The van der Waals surface area contributed by atoms with Crippen molar-refractivity contribution in [3.05, 3.63) is 30.1 Å². The molecule has 0 spiro atoms. The van der Waals surface area contributed by atoms with Gasteiger partial charge >= 0.3 is 0 Å². The predicted octanol–water partition coefficient (Wildman–Crippen LogP) is 4.22. The SMILES string of the molecule is CCNC(=NCC(c1cccnc1)C(C)C)NCC1CCCOC1C(C)(C)C. The van der Waals surface area contributed by atoms with Crippen molar-refractivity contribution in [1.82, 2.24) is 15.6 Å². The number of hydrogen-bond donors (Lipinski definition) is 2. The van der Waals surface area contributed by atoms with Gasteiger partial charge in [-0.1, -0.05) is 40.7 Å². The van der Waals surface area contributed by atoms with Crippen LogP contribution in [0.1, 0.15) is 65.9 Å². The van der Waals surface area contributed by atoms with Gasteiger partial charge in [-0.15, -0.1) is 0 Å². The lowest BCUT2D eigenvalue weighted by Crippen LogP contribution is -2.47. The van der Waals surface area contributed by atoms with Gasteiger partial charge in [0.15, 0.2) is 5.96 Å². The summed E-state index contributed by atoms with van der Waals surface area (Å²) in [4.78, 5) is 9.20. The smallest absolute Gasteiger partial charge is 0.191 e. The molecule has 3 atom stereocenters. The van der Waals surface area contributed by atoms with E-state index in [1.165, 1.54) is 12.0 Å². The Kier molecular flexibility index (Phi) is 8.74. The number of rotatable bonds is 7. The fourth-order valence-corrected chi connectivity index (χ4v) is 4.07. The maximum absolute atomic E-state index is 6.13. The molecule has 28 heavy (non-hydrogen) atoms. The third-order valence-corrected chi connectivity index (χ3v) is 5.54. The van der Waals surface area contributed by atoms with E-state index in [9.17, 15) is 0 Å². The molecule has 1 fully saturated rings. The molecule has 0 saturated carbocycles. The molecule has 2 N–H and O–H groups in total. The zero-order chi connectivity index (χ0) is 20.6. The van der Waals surface area contributed by atoms with Gasteiger partial charge in [0.2, 0.25) is 0 Å². The highest BCUT2D eigenvalue weighted by atomic mass is 16.5. The Bertz CT molecular complexity index is 594. The zero-order valence-corrected chi connectivity index (χ0v) is 18.7. The van der Waals surface area contributed by atoms with Crippen molar-refractivity contribution < 1.29 is 4.74 Å². The first kappa shape index (κ1) is 22.7. The Labute approximate surface area is 171 Å². The number of ether oxygens (including phenoxy) is 1. The van der Waals surface area contributed by atoms with Crippen molar-refractivity contribution in [2.45, 2.75) is 66.4 Å². The summed E-state index contributed by atoms with van der Waals surface area (Å²) in [6.07, 6.45) is 6.43. The first-order valence-corrected chi connectivity index (χ1v) is 10.9. The fourth-order valence-electron chi connectivity index (χ4n) is 4.07. The summed E-state index contributed by atoms with van der Waals surface area (Å²) in [6.45, 7) is 16.8. The van der Waals surface area contributed by atoms with E-state index in [1.54, 1.807) is 0 Å². The minimum atomic E-state index is 0.158. The third kappa shape index (κ3) is 6.77. The number of aromatic nitrogens is 1. The molecule has 2 heterocycles. The Balaban J connectivity index is 2.03. The summed E-state index contributed by atoms with van der Waals surface area (Å²) >= 11 is 0. The summed E-state index contributed by atoms with van der Waals surface area (Å²) < 4.78 is 6.13. The molecule has 0 aliphatic carbocycles. The molecule has 1 aliphatic rings. The number of guanidine groups is 1. The first-order valence-electron chi connectivity index (χ1n) is 10.9. The van der Waals surface area contributed by atoms with Gasteiger partial charge in [-0.3, -0.25) is 9.98 Å². The Hall–Kier alpha value is -1.62. The number of pyridine rings is 1. The number of nitrogens with one attached hydrogen (secondary N) is 2. The molecule has 3 unspecified atom stereocenters. The van der Waals surface area contributed by atoms with Gasteiger partial charge in [0, 0.05) is 50.5 Å². The molecule has 2 rings (SSSR count). The third-order valence-electron chi connectivity index (χ3n) is 5.54. The standard InChI is InChI=1S/C23H40N4O/c1-7-25-22(26-15-19-11-9-13-28-21(19)23(4,5)6)27-16-20(17(2)3)18-10-8-12-24-14-18/h8,10,12,14,17,19-21H,7,9,11,13,15-16H2,1-6H3,(H2,25,26,27). The van der Waals surface area contributed by atoms with Crippen molar-refractivity contribution in [2.24, 2.45) is 22.2 Å². The van der Waals surface area contributed by atoms with E-state index in [-0.39, 0.29) is 11.5 Å². The van der Waals surface area contributed by atoms with E-state index in [1.807, 2.05) is 18.5 Å². The summed E-state index contributed by atoms with van der Waals surface area (Å²) in [7, 11) is 0. The maximum atomic E-state index is 6.13. The Morgan fingerprint density at radius 2 is 2.11 bits per heavy atom. The summed E-state index contributed by atoms with van der Waals surface area (Å²) in [5, 5.41) is 6.99. The van der Waals surface area contributed by atoms with E-state index in [0.717, 1.165) is 38.6 Å². The molecular weight excluding hydrogens is 348 g/mol. The molecule has 1 aromatic heterocycles. The van der Waals surface area contributed by atoms with Crippen LogP contribution in [-0.4, -0.2) is 43.3 Å². The fraction of sp³-hybridized carbons (Fsp3) is 0.739. The van der Waals surface area contributed by atoms with Gasteiger partial charge in [-0.2, -0.15) is 0 Å². The van der Waals surface area contributed by atoms with Crippen molar-refractivity contribution in [3.63, 3.8) is 0 Å². The van der Waals surface area contributed by atoms with Crippen LogP contribution in [0.25, 0.3) is 0 Å². The molecular formula is C23H40N4O. The lowest BCUT2D eigenvalue weighted by atomic mass is 9.78. The van der Waals surface area contributed by atoms with Gasteiger partial charge in [-0.05, 0) is 42.7 Å². The van der Waals surface area contributed by atoms with E-state index in [0.29, 0.717) is 17.8 Å². The normalized spacial score (nSPS) is 22.2. The van der Waals surface area contributed by atoms with Crippen molar-refractivity contribution in [1.29, 1.82) is 0 Å². The molecule has 0 amide bonds. The monoisotopic (exact) mass is 388 g/mol. The van der Waals surface area contributed by atoms with Gasteiger partial charge in [-0.25, -0.2) is 0 Å².